The molecule has 0 aromatic carbocycles. The van der Waals surface area contributed by atoms with Gasteiger partial charge in [0, 0.05) is 25.7 Å². The standard InChI is InChI=1S/C10H20N2/c1-9-7-12(8-9)10-4-2-3-5-11-6-10/h9-11H,2-8H2,1H3. The van der Waals surface area contributed by atoms with Gasteiger partial charge in [-0.3, -0.25) is 4.90 Å². The van der Waals surface area contributed by atoms with Crippen LogP contribution in [0.25, 0.3) is 0 Å². The van der Waals surface area contributed by atoms with Crippen LogP contribution in [0.1, 0.15) is 26.2 Å². The van der Waals surface area contributed by atoms with Crippen LogP contribution in [0, 0.1) is 5.92 Å². The molecule has 2 aliphatic heterocycles. The molecule has 1 unspecified atom stereocenters. The number of nitrogens with zero attached hydrogens (tertiary/aromatic N) is 1. The van der Waals surface area contributed by atoms with Crippen molar-refractivity contribution in [2.75, 3.05) is 26.2 Å². The minimum Gasteiger partial charge on any atom is -0.315 e. The van der Waals surface area contributed by atoms with E-state index in [9.17, 15) is 0 Å². The van der Waals surface area contributed by atoms with Crippen LogP contribution in [-0.4, -0.2) is 37.1 Å². The summed E-state index contributed by atoms with van der Waals surface area (Å²) in [7, 11) is 0. The molecule has 2 aliphatic rings. The van der Waals surface area contributed by atoms with Crippen molar-refractivity contribution >= 4 is 0 Å². The van der Waals surface area contributed by atoms with Gasteiger partial charge in [0.1, 0.15) is 0 Å². The summed E-state index contributed by atoms with van der Waals surface area (Å²) in [5.74, 6) is 0.952. The fourth-order valence-corrected chi connectivity index (χ4v) is 2.36. The Morgan fingerprint density at radius 1 is 1.25 bits per heavy atom. The second-order valence-corrected chi connectivity index (χ2v) is 4.41. The highest BCUT2D eigenvalue weighted by molar-refractivity contribution is 4.85. The van der Waals surface area contributed by atoms with Gasteiger partial charge in [0.25, 0.3) is 0 Å². The van der Waals surface area contributed by atoms with Crippen molar-refractivity contribution in [3.05, 3.63) is 0 Å². The molecule has 1 atom stereocenters. The first-order valence-corrected chi connectivity index (χ1v) is 5.31. The lowest BCUT2D eigenvalue weighted by atomic mass is 9.98. The van der Waals surface area contributed by atoms with E-state index in [0.29, 0.717) is 0 Å². The van der Waals surface area contributed by atoms with Gasteiger partial charge in [-0.05, 0) is 25.3 Å². The summed E-state index contributed by atoms with van der Waals surface area (Å²) in [4.78, 5) is 2.64. The predicted octanol–water partition coefficient (Wildman–Crippen LogP) is 1.08. The number of hydrogen-bond donors (Lipinski definition) is 1. The smallest absolute Gasteiger partial charge is 0.0220 e. The van der Waals surface area contributed by atoms with Gasteiger partial charge in [0.2, 0.25) is 0 Å². The summed E-state index contributed by atoms with van der Waals surface area (Å²) in [5.41, 5.74) is 0. The minimum absolute atomic E-state index is 0.851. The first-order chi connectivity index (χ1) is 5.86. The van der Waals surface area contributed by atoms with Crippen LogP contribution in [0.2, 0.25) is 0 Å². The summed E-state index contributed by atoms with van der Waals surface area (Å²) >= 11 is 0. The zero-order valence-electron chi connectivity index (χ0n) is 8.05. The number of hydrogen-bond acceptors (Lipinski definition) is 2. The lowest BCUT2D eigenvalue weighted by molar-refractivity contribution is 0.0600. The lowest BCUT2D eigenvalue weighted by Gasteiger charge is -2.42. The van der Waals surface area contributed by atoms with E-state index in [1.165, 1.54) is 45.4 Å². The third-order valence-electron chi connectivity index (χ3n) is 3.13. The third kappa shape index (κ3) is 1.80. The van der Waals surface area contributed by atoms with Crippen molar-refractivity contribution in [2.24, 2.45) is 5.92 Å². The molecule has 0 aromatic rings. The fraction of sp³-hybridized carbons (Fsp3) is 1.00. The monoisotopic (exact) mass is 168 g/mol. The van der Waals surface area contributed by atoms with Gasteiger partial charge in [-0.15, -0.1) is 0 Å². The fourth-order valence-electron chi connectivity index (χ4n) is 2.36. The Hall–Kier alpha value is -0.0800. The highest BCUT2D eigenvalue weighted by atomic mass is 15.2. The average Bonchev–Trinajstić information content (AvgIpc) is 2.26. The second-order valence-electron chi connectivity index (χ2n) is 4.41. The van der Waals surface area contributed by atoms with E-state index in [2.05, 4.69) is 17.1 Å². The first kappa shape index (κ1) is 8.52. The van der Waals surface area contributed by atoms with Crippen LogP contribution in [0.15, 0.2) is 0 Å². The molecule has 0 saturated carbocycles. The molecule has 2 rings (SSSR count). The maximum Gasteiger partial charge on any atom is 0.0220 e. The maximum atomic E-state index is 3.52. The summed E-state index contributed by atoms with van der Waals surface area (Å²) in [6.45, 7) is 7.49. The normalized spacial score (nSPS) is 34.2. The highest BCUT2D eigenvalue weighted by Gasteiger charge is 2.29. The largest absolute Gasteiger partial charge is 0.315 e. The molecular weight excluding hydrogens is 148 g/mol. The van der Waals surface area contributed by atoms with Gasteiger partial charge in [-0.2, -0.15) is 0 Å². The summed E-state index contributed by atoms with van der Waals surface area (Å²) < 4.78 is 0. The van der Waals surface area contributed by atoms with E-state index in [1.54, 1.807) is 0 Å². The van der Waals surface area contributed by atoms with Crippen molar-refractivity contribution < 1.29 is 0 Å². The molecule has 2 nitrogen and oxygen atoms in total. The SMILES string of the molecule is CC1CN(C2CCCCNC2)C1. The van der Waals surface area contributed by atoms with Crippen LogP contribution in [0.3, 0.4) is 0 Å². The first-order valence-electron chi connectivity index (χ1n) is 5.31. The van der Waals surface area contributed by atoms with Crippen molar-refractivity contribution in [3.63, 3.8) is 0 Å². The molecule has 0 aromatic heterocycles. The van der Waals surface area contributed by atoms with Gasteiger partial charge >= 0.3 is 0 Å². The summed E-state index contributed by atoms with van der Waals surface area (Å²) in [5, 5.41) is 3.52. The van der Waals surface area contributed by atoms with Crippen LogP contribution in [0.5, 0.6) is 0 Å². The quantitative estimate of drug-likeness (QED) is 0.630. The lowest BCUT2D eigenvalue weighted by Crippen LogP contribution is -2.53. The van der Waals surface area contributed by atoms with Crippen molar-refractivity contribution in [1.29, 1.82) is 0 Å². The predicted molar refractivity (Wildman–Crippen MR) is 51.2 cm³/mol. The molecule has 0 bridgehead atoms. The zero-order chi connectivity index (χ0) is 8.39. The maximum absolute atomic E-state index is 3.52. The molecule has 70 valence electrons. The number of nitrogens with one attached hydrogen (secondary N) is 1. The molecule has 12 heavy (non-hydrogen) atoms. The zero-order valence-corrected chi connectivity index (χ0v) is 8.05. The summed E-state index contributed by atoms with van der Waals surface area (Å²) in [6, 6.07) is 0.851. The molecular formula is C10H20N2. The van der Waals surface area contributed by atoms with E-state index >= 15 is 0 Å². The second kappa shape index (κ2) is 3.75. The number of rotatable bonds is 1. The Balaban J connectivity index is 1.78. The van der Waals surface area contributed by atoms with Crippen molar-refractivity contribution in [3.8, 4) is 0 Å². The molecule has 2 saturated heterocycles. The van der Waals surface area contributed by atoms with E-state index in [1.807, 2.05) is 0 Å². The van der Waals surface area contributed by atoms with Crippen molar-refractivity contribution in [2.45, 2.75) is 32.2 Å². The highest BCUT2D eigenvalue weighted by Crippen LogP contribution is 2.21. The van der Waals surface area contributed by atoms with E-state index in [4.69, 9.17) is 0 Å². The Morgan fingerprint density at radius 2 is 2.08 bits per heavy atom. The Morgan fingerprint density at radius 3 is 2.83 bits per heavy atom. The molecule has 0 spiro atoms. The Kier molecular flexibility index (Phi) is 2.66. The van der Waals surface area contributed by atoms with Crippen molar-refractivity contribution in [1.82, 2.24) is 10.2 Å². The molecule has 0 aliphatic carbocycles. The molecule has 0 radical (unpaired) electrons. The Bertz CT molecular complexity index is 133. The van der Waals surface area contributed by atoms with Crippen LogP contribution in [0.4, 0.5) is 0 Å². The van der Waals surface area contributed by atoms with Gasteiger partial charge in [0.15, 0.2) is 0 Å². The minimum atomic E-state index is 0.851. The van der Waals surface area contributed by atoms with E-state index < -0.39 is 0 Å². The molecule has 2 heterocycles. The molecule has 1 N–H and O–H groups in total. The van der Waals surface area contributed by atoms with Gasteiger partial charge in [-0.25, -0.2) is 0 Å². The van der Waals surface area contributed by atoms with Gasteiger partial charge in [0.05, 0.1) is 0 Å². The molecule has 2 fully saturated rings. The van der Waals surface area contributed by atoms with Crippen LogP contribution in [-0.2, 0) is 0 Å². The third-order valence-corrected chi connectivity index (χ3v) is 3.13. The van der Waals surface area contributed by atoms with Gasteiger partial charge < -0.3 is 5.32 Å². The summed E-state index contributed by atoms with van der Waals surface area (Å²) in [6.07, 6.45) is 4.21. The van der Waals surface area contributed by atoms with Crippen LogP contribution < -0.4 is 5.32 Å². The Labute approximate surface area is 75.3 Å². The average molecular weight is 168 g/mol. The van der Waals surface area contributed by atoms with E-state index in [0.717, 1.165) is 12.0 Å². The molecule has 2 heteroatoms. The molecule has 0 amide bonds. The van der Waals surface area contributed by atoms with E-state index in [-0.39, 0.29) is 0 Å². The van der Waals surface area contributed by atoms with Crippen LogP contribution >= 0.6 is 0 Å². The topological polar surface area (TPSA) is 15.3 Å². The van der Waals surface area contributed by atoms with Gasteiger partial charge in [-0.1, -0.05) is 13.3 Å². The number of likely N-dealkylation sites (tertiary alicyclic amines) is 1.